The number of fused-ring (bicyclic) bond motifs is 1. The maximum Gasteiger partial charge on any atom is 0.252 e. The van der Waals surface area contributed by atoms with Gasteiger partial charge in [0.25, 0.3) is 5.91 Å². The first kappa shape index (κ1) is 18.4. The van der Waals surface area contributed by atoms with Gasteiger partial charge in [-0.1, -0.05) is 30.3 Å². The second-order valence-electron chi connectivity index (χ2n) is 5.99. The van der Waals surface area contributed by atoms with Crippen LogP contribution >= 0.6 is 0 Å². The molecule has 0 spiro atoms. The Hall–Kier alpha value is -3.38. The largest absolute Gasteiger partial charge is 0.497 e. The van der Waals surface area contributed by atoms with Gasteiger partial charge in [-0.25, -0.2) is 0 Å². The molecule has 1 atom stereocenters. The predicted octanol–water partition coefficient (Wildman–Crippen LogP) is 2.58. The number of nitrogens with one attached hydrogen (secondary N) is 2. The summed E-state index contributed by atoms with van der Waals surface area (Å²) in [6.45, 7) is -0.513. The fourth-order valence-corrected chi connectivity index (χ4v) is 2.67. The summed E-state index contributed by atoms with van der Waals surface area (Å²) in [4.78, 5) is 24.8. The Balaban J connectivity index is 1.68. The maximum atomic E-state index is 12.5. The number of amides is 2. The molecular formula is C21H20N2O4. The van der Waals surface area contributed by atoms with Crippen molar-refractivity contribution < 1.29 is 19.4 Å². The molecule has 3 aromatic carbocycles. The number of carbonyl (C=O) groups is 2. The highest BCUT2D eigenvalue weighted by Crippen LogP contribution is 2.17. The van der Waals surface area contributed by atoms with Crippen molar-refractivity contribution in [2.45, 2.75) is 6.04 Å². The lowest BCUT2D eigenvalue weighted by atomic mass is 10.1. The number of rotatable bonds is 6. The highest BCUT2D eigenvalue weighted by Gasteiger charge is 2.21. The van der Waals surface area contributed by atoms with Crippen LogP contribution in [0.25, 0.3) is 10.8 Å². The average Bonchev–Trinajstić information content (AvgIpc) is 2.71. The van der Waals surface area contributed by atoms with Crippen molar-refractivity contribution in [2.75, 3.05) is 19.0 Å². The van der Waals surface area contributed by atoms with Crippen LogP contribution in [0.1, 0.15) is 10.4 Å². The zero-order chi connectivity index (χ0) is 19.2. The number of hydrogen-bond donors (Lipinski definition) is 3. The Morgan fingerprint density at radius 1 is 1.00 bits per heavy atom. The first-order chi connectivity index (χ1) is 13.1. The minimum Gasteiger partial charge on any atom is -0.497 e. The standard InChI is InChI=1S/C21H20N2O4/c1-27-18-10-8-17(9-11-18)22-21(26)19(13-24)23-20(25)16-7-6-14-4-2-3-5-15(14)12-16/h2-12,19,24H,13H2,1H3,(H,22,26)(H,23,25). The summed E-state index contributed by atoms with van der Waals surface area (Å²) in [6, 6.07) is 18.7. The van der Waals surface area contributed by atoms with E-state index in [0.29, 0.717) is 17.0 Å². The van der Waals surface area contributed by atoms with Crippen molar-refractivity contribution in [1.82, 2.24) is 5.32 Å². The Bertz CT molecular complexity index is 954. The summed E-state index contributed by atoms with van der Waals surface area (Å²) in [5.41, 5.74) is 0.962. The fourth-order valence-electron chi connectivity index (χ4n) is 2.67. The van der Waals surface area contributed by atoms with E-state index in [1.165, 1.54) is 0 Å². The molecule has 6 nitrogen and oxygen atoms in total. The number of methoxy groups -OCH3 is 1. The number of aliphatic hydroxyl groups is 1. The van der Waals surface area contributed by atoms with E-state index in [-0.39, 0.29) is 0 Å². The van der Waals surface area contributed by atoms with E-state index in [4.69, 9.17) is 4.74 Å². The van der Waals surface area contributed by atoms with Crippen LogP contribution in [0.3, 0.4) is 0 Å². The molecule has 0 saturated heterocycles. The van der Waals surface area contributed by atoms with E-state index in [9.17, 15) is 14.7 Å². The van der Waals surface area contributed by atoms with E-state index in [1.807, 2.05) is 30.3 Å². The molecule has 3 aromatic rings. The molecule has 0 bridgehead atoms. The first-order valence-electron chi connectivity index (χ1n) is 8.46. The van der Waals surface area contributed by atoms with Gasteiger partial charge >= 0.3 is 0 Å². The average molecular weight is 364 g/mol. The first-order valence-corrected chi connectivity index (χ1v) is 8.46. The Morgan fingerprint density at radius 2 is 1.70 bits per heavy atom. The van der Waals surface area contributed by atoms with Gasteiger partial charge in [0, 0.05) is 11.3 Å². The normalized spacial score (nSPS) is 11.6. The second kappa shape index (κ2) is 8.33. The molecule has 1 unspecified atom stereocenters. The number of anilines is 1. The lowest BCUT2D eigenvalue weighted by Gasteiger charge is -2.16. The van der Waals surface area contributed by atoms with Crippen LogP contribution in [-0.2, 0) is 4.79 Å². The Morgan fingerprint density at radius 3 is 2.37 bits per heavy atom. The number of ether oxygens (including phenoxy) is 1. The third-order valence-electron chi connectivity index (χ3n) is 4.17. The third kappa shape index (κ3) is 4.43. The summed E-state index contributed by atoms with van der Waals surface area (Å²) in [5, 5.41) is 16.7. The van der Waals surface area contributed by atoms with Gasteiger partial charge in [-0.15, -0.1) is 0 Å². The molecule has 0 aliphatic heterocycles. The Kier molecular flexibility index (Phi) is 5.68. The van der Waals surface area contributed by atoms with Crippen LogP contribution in [0.15, 0.2) is 66.7 Å². The molecular weight excluding hydrogens is 344 g/mol. The van der Waals surface area contributed by atoms with Crippen LogP contribution in [0.2, 0.25) is 0 Å². The van der Waals surface area contributed by atoms with Crippen molar-refractivity contribution in [3.8, 4) is 5.75 Å². The smallest absolute Gasteiger partial charge is 0.252 e. The van der Waals surface area contributed by atoms with E-state index in [2.05, 4.69) is 10.6 Å². The summed E-state index contributed by atoms with van der Waals surface area (Å²) in [5.74, 6) is -0.266. The van der Waals surface area contributed by atoms with Crippen molar-refractivity contribution in [2.24, 2.45) is 0 Å². The highest BCUT2D eigenvalue weighted by atomic mass is 16.5. The quantitative estimate of drug-likeness (QED) is 0.627. The molecule has 6 heteroatoms. The summed E-state index contributed by atoms with van der Waals surface area (Å²) in [6.07, 6.45) is 0. The van der Waals surface area contributed by atoms with Crippen LogP contribution in [-0.4, -0.2) is 36.7 Å². The molecule has 3 N–H and O–H groups in total. The van der Waals surface area contributed by atoms with Crippen molar-refractivity contribution in [1.29, 1.82) is 0 Å². The van der Waals surface area contributed by atoms with Gasteiger partial charge in [0.1, 0.15) is 11.8 Å². The van der Waals surface area contributed by atoms with Gasteiger partial charge in [0.05, 0.1) is 13.7 Å². The van der Waals surface area contributed by atoms with E-state index in [0.717, 1.165) is 10.8 Å². The number of benzene rings is 3. The molecule has 0 heterocycles. The highest BCUT2D eigenvalue weighted by molar-refractivity contribution is 6.03. The van der Waals surface area contributed by atoms with E-state index in [1.54, 1.807) is 43.5 Å². The third-order valence-corrected chi connectivity index (χ3v) is 4.17. The van der Waals surface area contributed by atoms with Gasteiger partial charge in [-0.2, -0.15) is 0 Å². The summed E-state index contributed by atoms with van der Waals surface area (Å²) < 4.78 is 5.07. The lowest BCUT2D eigenvalue weighted by Crippen LogP contribution is -2.46. The van der Waals surface area contributed by atoms with Crippen LogP contribution in [0.5, 0.6) is 5.75 Å². The zero-order valence-corrected chi connectivity index (χ0v) is 14.8. The fraction of sp³-hybridized carbons (Fsp3) is 0.143. The molecule has 0 aliphatic rings. The van der Waals surface area contributed by atoms with Gasteiger partial charge in [0.15, 0.2) is 0 Å². The Labute approximate surface area is 156 Å². The summed E-state index contributed by atoms with van der Waals surface area (Å²) >= 11 is 0. The number of hydrogen-bond acceptors (Lipinski definition) is 4. The van der Waals surface area contributed by atoms with Gasteiger partial charge < -0.3 is 20.5 Å². The molecule has 0 fully saturated rings. The number of aliphatic hydroxyl groups excluding tert-OH is 1. The lowest BCUT2D eigenvalue weighted by molar-refractivity contribution is -0.118. The van der Waals surface area contributed by atoms with Gasteiger partial charge in [-0.3, -0.25) is 9.59 Å². The minimum atomic E-state index is -1.06. The molecule has 2 amide bonds. The van der Waals surface area contributed by atoms with Gasteiger partial charge in [-0.05, 0) is 47.2 Å². The maximum absolute atomic E-state index is 12.5. The zero-order valence-electron chi connectivity index (χ0n) is 14.8. The molecule has 0 aliphatic carbocycles. The van der Waals surface area contributed by atoms with E-state index >= 15 is 0 Å². The number of carbonyl (C=O) groups excluding carboxylic acids is 2. The second-order valence-corrected chi connectivity index (χ2v) is 5.99. The monoisotopic (exact) mass is 364 g/mol. The van der Waals surface area contributed by atoms with Crippen molar-refractivity contribution in [3.63, 3.8) is 0 Å². The van der Waals surface area contributed by atoms with Crippen LogP contribution in [0.4, 0.5) is 5.69 Å². The molecule has 27 heavy (non-hydrogen) atoms. The molecule has 0 saturated carbocycles. The summed E-state index contributed by atoms with van der Waals surface area (Å²) in [7, 11) is 1.55. The van der Waals surface area contributed by atoms with Gasteiger partial charge in [0.2, 0.25) is 5.91 Å². The topological polar surface area (TPSA) is 87.7 Å². The van der Waals surface area contributed by atoms with Crippen molar-refractivity contribution >= 4 is 28.3 Å². The molecule has 138 valence electrons. The molecule has 3 rings (SSSR count). The molecule has 0 aromatic heterocycles. The minimum absolute atomic E-state index is 0.421. The molecule has 0 radical (unpaired) electrons. The predicted molar refractivity (Wildman–Crippen MR) is 104 cm³/mol. The van der Waals surface area contributed by atoms with Crippen LogP contribution < -0.4 is 15.4 Å². The van der Waals surface area contributed by atoms with E-state index < -0.39 is 24.5 Å². The van der Waals surface area contributed by atoms with Crippen LogP contribution in [0, 0.1) is 0 Å². The van der Waals surface area contributed by atoms with Crippen molar-refractivity contribution in [3.05, 3.63) is 72.3 Å². The SMILES string of the molecule is COc1ccc(NC(=O)C(CO)NC(=O)c2ccc3ccccc3c2)cc1.